The first-order valence-electron chi connectivity index (χ1n) is 13.1. The molecule has 1 aliphatic rings. The Labute approximate surface area is 200 Å². The summed E-state index contributed by atoms with van der Waals surface area (Å²) in [5.74, 6) is 2.68. The van der Waals surface area contributed by atoms with E-state index in [-0.39, 0.29) is 5.97 Å². The average molecular weight is 452 g/mol. The van der Waals surface area contributed by atoms with Crippen molar-refractivity contribution in [3.8, 4) is 11.5 Å². The van der Waals surface area contributed by atoms with Gasteiger partial charge < -0.3 is 9.47 Å². The maximum absolute atomic E-state index is 12.4. The summed E-state index contributed by atoms with van der Waals surface area (Å²) in [6, 6.07) is 10.9. The highest BCUT2D eigenvalue weighted by Crippen LogP contribution is 2.34. The molecule has 4 heteroatoms. The second kappa shape index (κ2) is 14.0. The number of unbranched alkanes of at least 4 members (excludes halogenated alkanes) is 3. The third-order valence-corrected chi connectivity index (χ3v) is 6.86. The molecule has 1 heterocycles. The molecule has 1 aromatic carbocycles. The van der Waals surface area contributed by atoms with Crippen LogP contribution in [0.2, 0.25) is 0 Å². The zero-order valence-corrected chi connectivity index (χ0v) is 20.6. The summed E-state index contributed by atoms with van der Waals surface area (Å²) in [4.78, 5) is 17.0. The van der Waals surface area contributed by atoms with Crippen LogP contribution in [0.15, 0.2) is 42.6 Å². The molecule has 1 saturated carbocycles. The molecule has 0 unspecified atom stereocenters. The lowest BCUT2D eigenvalue weighted by molar-refractivity contribution is 0.0734. The minimum Gasteiger partial charge on any atom is -0.494 e. The number of rotatable bonds is 13. The SMILES string of the molecule is CCCCCC1CCC(CCc2ccc(OC(=O)c3ccc(OCCCC)cc3)cn2)CC1. The number of hydrogen-bond acceptors (Lipinski definition) is 4. The summed E-state index contributed by atoms with van der Waals surface area (Å²) >= 11 is 0. The number of hydrogen-bond donors (Lipinski definition) is 0. The average Bonchev–Trinajstić information content (AvgIpc) is 2.85. The van der Waals surface area contributed by atoms with Gasteiger partial charge in [0.15, 0.2) is 0 Å². The van der Waals surface area contributed by atoms with E-state index in [1.165, 1.54) is 57.8 Å². The van der Waals surface area contributed by atoms with Gasteiger partial charge in [-0.2, -0.15) is 0 Å². The van der Waals surface area contributed by atoms with Gasteiger partial charge in [-0.15, -0.1) is 0 Å². The molecule has 0 atom stereocenters. The van der Waals surface area contributed by atoms with Gasteiger partial charge in [0.05, 0.1) is 18.4 Å². The molecule has 3 rings (SSSR count). The number of aryl methyl sites for hydroxylation is 1. The zero-order valence-electron chi connectivity index (χ0n) is 20.6. The van der Waals surface area contributed by atoms with Gasteiger partial charge in [-0.3, -0.25) is 4.98 Å². The molecule has 2 aromatic rings. The van der Waals surface area contributed by atoms with Gasteiger partial charge in [-0.1, -0.05) is 71.6 Å². The molecular weight excluding hydrogens is 410 g/mol. The van der Waals surface area contributed by atoms with Crippen LogP contribution >= 0.6 is 0 Å². The predicted molar refractivity (Wildman–Crippen MR) is 134 cm³/mol. The Kier molecular flexibility index (Phi) is 10.7. The predicted octanol–water partition coefficient (Wildman–Crippen LogP) is 7.80. The van der Waals surface area contributed by atoms with Crippen LogP contribution in [0.1, 0.15) is 101 Å². The lowest BCUT2D eigenvalue weighted by Crippen LogP contribution is -2.15. The standard InChI is InChI=1S/C29H41NO3/c1-3-5-7-8-23-9-11-24(12-10-23)13-16-26-17-20-28(22-30-26)33-29(31)25-14-18-27(19-15-25)32-21-6-4-2/h14-15,17-20,22-24H,3-13,16,21H2,1-2H3. The highest BCUT2D eigenvalue weighted by Gasteiger charge is 2.20. The Morgan fingerprint density at radius 2 is 1.52 bits per heavy atom. The van der Waals surface area contributed by atoms with Crippen molar-refractivity contribution in [2.75, 3.05) is 6.61 Å². The molecule has 0 saturated heterocycles. The molecule has 180 valence electrons. The number of esters is 1. The van der Waals surface area contributed by atoms with E-state index in [4.69, 9.17) is 9.47 Å². The first-order valence-corrected chi connectivity index (χ1v) is 13.1. The van der Waals surface area contributed by atoms with Gasteiger partial charge >= 0.3 is 5.97 Å². The summed E-state index contributed by atoms with van der Waals surface area (Å²) in [5, 5.41) is 0. The van der Waals surface area contributed by atoms with E-state index >= 15 is 0 Å². The number of benzene rings is 1. The van der Waals surface area contributed by atoms with Crippen molar-refractivity contribution in [1.82, 2.24) is 4.98 Å². The van der Waals surface area contributed by atoms with E-state index in [0.717, 1.165) is 42.5 Å². The van der Waals surface area contributed by atoms with Crippen molar-refractivity contribution in [3.05, 3.63) is 53.9 Å². The molecule has 4 nitrogen and oxygen atoms in total. The lowest BCUT2D eigenvalue weighted by Gasteiger charge is -2.28. The van der Waals surface area contributed by atoms with Crippen LogP contribution in [0, 0.1) is 11.8 Å². The largest absolute Gasteiger partial charge is 0.494 e. The summed E-state index contributed by atoms with van der Waals surface area (Å²) in [6.45, 7) is 5.11. The minimum absolute atomic E-state index is 0.375. The molecule has 33 heavy (non-hydrogen) atoms. The Hall–Kier alpha value is -2.36. The third kappa shape index (κ3) is 8.83. The summed E-state index contributed by atoms with van der Waals surface area (Å²) in [5.41, 5.74) is 1.58. The lowest BCUT2D eigenvalue weighted by atomic mass is 9.78. The number of aromatic nitrogens is 1. The van der Waals surface area contributed by atoms with Crippen molar-refractivity contribution in [1.29, 1.82) is 0 Å². The van der Waals surface area contributed by atoms with E-state index in [9.17, 15) is 4.79 Å². The van der Waals surface area contributed by atoms with Crippen LogP contribution in [0.4, 0.5) is 0 Å². The molecule has 0 radical (unpaired) electrons. The van der Waals surface area contributed by atoms with Crippen LogP contribution < -0.4 is 9.47 Å². The second-order valence-electron chi connectivity index (χ2n) is 9.52. The van der Waals surface area contributed by atoms with Crippen molar-refractivity contribution >= 4 is 5.97 Å². The maximum atomic E-state index is 12.4. The zero-order chi connectivity index (χ0) is 23.3. The minimum atomic E-state index is -0.375. The van der Waals surface area contributed by atoms with Crippen LogP contribution in [0.25, 0.3) is 0 Å². The first-order chi connectivity index (χ1) is 16.2. The Morgan fingerprint density at radius 3 is 2.15 bits per heavy atom. The highest BCUT2D eigenvalue weighted by molar-refractivity contribution is 5.91. The highest BCUT2D eigenvalue weighted by atomic mass is 16.5. The normalized spacial score (nSPS) is 18.1. The fourth-order valence-corrected chi connectivity index (χ4v) is 4.65. The quantitative estimate of drug-likeness (QED) is 0.230. The number of ether oxygens (including phenoxy) is 2. The molecule has 1 aliphatic carbocycles. The summed E-state index contributed by atoms with van der Waals surface area (Å²) in [6.07, 6.45) is 17.1. The molecule has 1 aromatic heterocycles. The number of pyridine rings is 1. The van der Waals surface area contributed by atoms with E-state index in [1.54, 1.807) is 18.3 Å². The number of nitrogens with zero attached hydrogens (tertiary/aromatic N) is 1. The Bertz CT molecular complexity index is 808. The fraction of sp³-hybridized carbons (Fsp3) is 0.586. The van der Waals surface area contributed by atoms with E-state index in [2.05, 4.69) is 18.8 Å². The monoisotopic (exact) mass is 451 g/mol. The van der Waals surface area contributed by atoms with Crippen molar-refractivity contribution in [2.24, 2.45) is 11.8 Å². The van der Waals surface area contributed by atoms with E-state index < -0.39 is 0 Å². The first kappa shape index (κ1) is 25.3. The Morgan fingerprint density at radius 1 is 0.848 bits per heavy atom. The summed E-state index contributed by atoms with van der Waals surface area (Å²) < 4.78 is 11.1. The Balaban J connectivity index is 1.38. The van der Waals surface area contributed by atoms with Crippen molar-refractivity contribution in [2.45, 2.75) is 90.9 Å². The molecule has 0 spiro atoms. The molecule has 1 fully saturated rings. The van der Waals surface area contributed by atoms with Gasteiger partial charge in [0.1, 0.15) is 11.5 Å². The fourth-order valence-electron chi connectivity index (χ4n) is 4.65. The maximum Gasteiger partial charge on any atom is 0.343 e. The van der Waals surface area contributed by atoms with Crippen LogP contribution in [0.3, 0.4) is 0 Å². The number of carbonyl (C=O) groups is 1. The van der Waals surface area contributed by atoms with E-state index in [0.29, 0.717) is 17.9 Å². The molecule has 0 bridgehead atoms. The molecular formula is C29H41NO3. The van der Waals surface area contributed by atoms with Gasteiger partial charge in [0.25, 0.3) is 0 Å². The van der Waals surface area contributed by atoms with Gasteiger partial charge in [0.2, 0.25) is 0 Å². The second-order valence-corrected chi connectivity index (χ2v) is 9.52. The van der Waals surface area contributed by atoms with Crippen LogP contribution in [-0.2, 0) is 6.42 Å². The van der Waals surface area contributed by atoms with Crippen LogP contribution in [0.5, 0.6) is 11.5 Å². The van der Waals surface area contributed by atoms with Gasteiger partial charge in [0, 0.05) is 5.69 Å². The molecule has 0 aliphatic heterocycles. The summed E-state index contributed by atoms with van der Waals surface area (Å²) in [7, 11) is 0. The van der Waals surface area contributed by atoms with E-state index in [1.807, 2.05) is 24.3 Å². The molecule has 0 N–H and O–H groups in total. The topological polar surface area (TPSA) is 48.4 Å². The van der Waals surface area contributed by atoms with Gasteiger partial charge in [-0.05, 0) is 67.5 Å². The molecule has 0 amide bonds. The third-order valence-electron chi connectivity index (χ3n) is 6.86. The number of carbonyl (C=O) groups excluding carboxylic acids is 1. The van der Waals surface area contributed by atoms with Crippen molar-refractivity contribution in [3.63, 3.8) is 0 Å². The van der Waals surface area contributed by atoms with Crippen molar-refractivity contribution < 1.29 is 14.3 Å². The van der Waals surface area contributed by atoms with Crippen LogP contribution in [-0.4, -0.2) is 17.6 Å². The smallest absolute Gasteiger partial charge is 0.343 e. The van der Waals surface area contributed by atoms with Gasteiger partial charge in [-0.25, -0.2) is 4.79 Å².